The molecule has 0 amide bonds. The standard InChI is InChI=1S/C6H13N3/c1-2-4-8-6-9-5-3-7/h2,4,6H,3,5,7H2,1H3,(H,8,9)/b4-2-. The van der Waals surface area contributed by atoms with E-state index in [2.05, 4.69) is 10.3 Å². The molecule has 0 fully saturated rings. The molecule has 0 bridgehead atoms. The molecule has 0 unspecified atom stereocenters. The number of nitrogens with zero attached hydrogens (tertiary/aromatic N) is 1. The fourth-order valence-corrected chi connectivity index (χ4v) is 0.331. The van der Waals surface area contributed by atoms with Crippen molar-refractivity contribution in [1.82, 2.24) is 5.32 Å². The Morgan fingerprint density at radius 2 is 2.44 bits per heavy atom. The molecule has 0 aliphatic rings. The van der Waals surface area contributed by atoms with Gasteiger partial charge in [-0.3, -0.25) is 4.99 Å². The van der Waals surface area contributed by atoms with Gasteiger partial charge in [0.1, 0.15) is 0 Å². The van der Waals surface area contributed by atoms with Crippen molar-refractivity contribution in [3.05, 3.63) is 12.3 Å². The first-order chi connectivity index (χ1) is 4.41. The van der Waals surface area contributed by atoms with Gasteiger partial charge in [0.2, 0.25) is 0 Å². The topological polar surface area (TPSA) is 50.4 Å². The molecule has 0 heterocycles. The number of hydrogen-bond acceptors (Lipinski definition) is 2. The quantitative estimate of drug-likeness (QED) is 0.415. The van der Waals surface area contributed by atoms with Crippen LogP contribution in [-0.2, 0) is 0 Å². The van der Waals surface area contributed by atoms with E-state index in [0.717, 1.165) is 0 Å². The molecule has 0 rings (SSSR count). The van der Waals surface area contributed by atoms with Gasteiger partial charge in [0, 0.05) is 6.54 Å². The molecule has 3 heteroatoms. The van der Waals surface area contributed by atoms with Crippen molar-refractivity contribution >= 4 is 6.34 Å². The van der Waals surface area contributed by atoms with Crippen LogP contribution in [0.5, 0.6) is 0 Å². The maximum absolute atomic E-state index is 5.18. The summed E-state index contributed by atoms with van der Waals surface area (Å²) >= 11 is 0. The highest BCUT2D eigenvalue weighted by atomic mass is 14.9. The van der Waals surface area contributed by atoms with E-state index in [1.807, 2.05) is 13.0 Å². The molecule has 3 N–H and O–H groups in total. The second-order valence-corrected chi connectivity index (χ2v) is 1.49. The van der Waals surface area contributed by atoms with Crippen molar-refractivity contribution in [2.45, 2.75) is 6.92 Å². The van der Waals surface area contributed by atoms with E-state index in [1.54, 1.807) is 12.5 Å². The molecule has 0 aliphatic carbocycles. The zero-order valence-electron chi connectivity index (χ0n) is 5.67. The van der Waals surface area contributed by atoms with Gasteiger partial charge in [-0.2, -0.15) is 0 Å². The molecule has 0 radical (unpaired) electrons. The van der Waals surface area contributed by atoms with Gasteiger partial charge in [-0.25, -0.2) is 0 Å². The molecular weight excluding hydrogens is 114 g/mol. The zero-order chi connectivity index (χ0) is 6.95. The normalized spacial score (nSPS) is 11.3. The highest BCUT2D eigenvalue weighted by Crippen LogP contribution is 1.61. The minimum Gasteiger partial charge on any atom is -0.353 e. The van der Waals surface area contributed by atoms with Gasteiger partial charge in [-0.15, -0.1) is 0 Å². The van der Waals surface area contributed by atoms with E-state index < -0.39 is 0 Å². The molecule has 0 aromatic heterocycles. The Morgan fingerprint density at radius 1 is 1.67 bits per heavy atom. The van der Waals surface area contributed by atoms with Crippen LogP contribution in [0.25, 0.3) is 0 Å². The van der Waals surface area contributed by atoms with Crippen LogP contribution in [0.3, 0.4) is 0 Å². The monoisotopic (exact) mass is 127 g/mol. The third-order valence-corrected chi connectivity index (χ3v) is 0.687. The molecule has 0 saturated heterocycles. The molecule has 0 spiro atoms. The van der Waals surface area contributed by atoms with E-state index in [1.165, 1.54) is 0 Å². The number of aliphatic imine (C=N–C) groups is 1. The minimum absolute atomic E-state index is 0.605. The lowest BCUT2D eigenvalue weighted by Gasteiger charge is -1.86. The maximum atomic E-state index is 5.18. The van der Waals surface area contributed by atoms with Gasteiger partial charge in [0.15, 0.2) is 0 Å². The van der Waals surface area contributed by atoms with Gasteiger partial charge >= 0.3 is 0 Å². The van der Waals surface area contributed by atoms with Crippen LogP contribution in [-0.4, -0.2) is 19.4 Å². The van der Waals surface area contributed by atoms with E-state index in [9.17, 15) is 0 Å². The molecule has 0 saturated carbocycles. The lowest BCUT2D eigenvalue weighted by Crippen LogP contribution is -2.06. The van der Waals surface area contributed by atoms with Gasteiger partial charge in [-0.1, -0.05) is 6.08 Å². The SMILES string of the molecule is C/C=C\NC=NCCN. The van der Waals surface area contributed by atoms with Crippen LogP contribution in [0.15, 0.2) is 17.3 Å². The average Bonchev–Trinajstić information content (AvgIpc) is 1.89. The predicted octanol–water partition coefficient (Wildman–Crippen LogP) is 0.0966. The number of allylic oxidation sites excluding steroid dienone is 1. The molecular formula is C6H13N3. The van der Waals surface area contributed by atoms with Crippen LogP contribution in [0, 0.1) is 0 Å². The lowest BCUT2D eigenvalue weighted by atomic mass is 10.7. The summed E-state index contributed by atoms with van der Waals surface area (Å²) in [7, 11) is 0. The fourth-order valence-electron chi connectivity index (χ4n) is 0.331. The van der Waals surface area contributed by atoms with Crippen molar-refractivity contribution in [3.63, 3.8) is 0 Å². The fraction of sp³-hybridized carbons (Fsp3) is 0.500. The summed E-state index contributed by atoms with van der Waals surface area (Å²) in [5.74, 6) is 0. The van der Waals surface area contributed by atoms with Gasteiger partial charge in [0.25, 0.3) is 0 Å². The van der Waals surface area contributed by atoms with Gasteiger partial charge in [0.05, 0.1) is 12.9 Å². The van der Waals surface area contributed by atoms with Crippen molar-refractivity contribution in [2.24, 2.45) is 10.7 Å². The smallest absolute Gasteiger partial charge is 0.0863 e. The lowest BCUT2D eigenvalue weighted by molar-refractivity contribution is 0.973. The third-order valence-electron chi connectivity index (χ3n) is 0.687. The van der Waals surface area contributed by atoms with Crippen LogP contribution in [0.4, 0.5) is 0 Å². The summed E-state index contributed by atoms with van der Waals surface area (Å²) in [5.41, 5.74) is 5.18. The molecule has 3 nitrogen and oxygen atoms in total. The summed E-state index contributed by atoms with van der Waals surface area (Å²) in [6.07, 6.45) is 5.33. The summed E-state index contributed by atoms with van der Waals surface area (Å²) in [5, 5.41) is 2.84. The van der Waals surface area contributed by atoms with Crippen LogP contribution >= 0.6 is 0 Å². The minimum atomic E-state index is 0.605. The Kier molecular flexibility index (Phi) is 6.51. The summed E-state index contributed by atoms with van der Waals surface area (Å²) in [6.45, 7) is 3.22. The molecule has 0 aromatic rings. The van der Waals surface area contributed by atoms with Gasteiger partial charge < -0.3 is 11.1 Å². The Hall–Kier alpha value is -0.830. The second-order valence-electron chi connectivity index (χ2n) is 1.49. The summed E-state index contributed by atoms with van der Waals surface area (Å²) < 4.78 is 0. The zero-order valence-corrected chi connectivity index (χ0v) is 5.67. The third kappa shape index (κ3) is 7.17. The summed E-state index contributed by atoms with van der Waals surface area (Å²) in [6, 6.07) is 0. The number of hydrogen-bond donors (Lipinski definition) is 2. The molecule has 0 aliphatic heterocycles. The molecule has 0 atom stereocenters. The Balaban J connectivity index is 3.04. The Labute approximate surface area is 55.7 Å². The number of nitrogens with two attached hydrogens (primary N) is 1. The van der Waals surface area contributed by atoms with E-state index in [-0.39, 0.29) is 0 Å². The number of rotatable bonds is 4. The van der Waals surface area contributed by atoms with Crippen LogP contribution < -0.4 is 11.1 Å². The van der Waals surface area contributed by atoms with E-state index >= 15 is 0 Å². The Bertz CT molecular complexity index is 96.5. The number of nitrogens with one attached hydrogen (secondary N) is 1. The van der Waals surface area contributed by atoms with Crippen molar-refractivity contribution in [2.75, 3.05) is 13.1 Å². The highest BCUT2D eigenvalue weighted by molar-refractivity contribution is 5.55. The van der Waals surface area contributed by atoms with Crippen LogP contribution in [0.2, 0.25) is 0 Å². The van der Waals surface area contributed by atoms with E-state index in [4.69, 9.17) is 5.73 Å². The first-order valence-electron chi connectivity index (χ1n) is 2.97. The molecule has 52 valence electrons. The van der Waals surface area contributed by atoms with Crippen LogP contribution in [0.1, 0.15) is 6.92 Å². The maximum Gasteiger partial charge on any atom is 0.0863 e. The van der Waals surface area contributed by atoms with Gasteiger partial charge in [-0.05, 0) is 13.1 Å². The molecule has 0 aromatic carbocycles. The van der Waals surface area contributed by atoms with Crippen molar-refractivity contribution < 1.29 is 0 Å². The highest BCUT2D eigenvalue weighted by Gasteiger charge is 1.68. The first kappa shape index (κ1) is 8.17. The van der Waals surface area contributed by atoms with Crippen molar-refractivity contribution in [1.29, 1.82) is 0 Å². The summed E-state index contributed by atoms with van der Waals surface area (Å²) in [4.78, 5) is 3.92. The second kappa shape index (κ2) is 7.17. The first-order valence-corrected chi connectivity index (χ1v) is 2.97. The van der Waals surface area contributed by atoms with Crippen molar-refractivity contribution in [3.8, 4) is 0 Å². The largest absolute Gasteiger partial charge is 0.353 e. The molecule has 9 heavy (non-hydrogen) atoms. The Morgan fingerprint density at radius 3 is 3.00 bits per heavy atom. The predicted molar refractivity (Wildman–Crippen MR) is 40.4 cm³/mol. The average molecular weight is 127 g/mol. The van der Waals surface area contributed by atoms with E-state index in [0.29, 0.717) is 13.1 Å².